The summed E-state index contributed by atoms with van der Waals surface area (Å²) < 4.78 is 8.58. The summed E-state index contributed by atoms with van der Waals surface area (Å²) in [5.74, 6) is 0.162. The highest BCUT2D eigenvalue weighted by Gasteiger charge is 2.51. The second-order valence-electron chi connectivity index (χ2n) is 8.90. The molecule has 0 saturated carbocycles. The van der Waals surface area contributed by atoms with Crippen molar-refractivity contribution in [3.63, 3.8) is 0 Å². The van der Waals surface area contributed by atoms with Gasteiger partial charge >= 0.3 is 0 Å². The molecule has 5 heterocycles. The molecule has 4 aromatic rings. The average molecular weight is 442 g/mol. The summed E-state index contributed by atoms with van der Waals surface area (Å²) in [6.45, 7) is 2.72. The summed E-state index contributed by atoms with van der Waals surface area (Å²) in [5.41, 5.74) is 3.16. The van der Waals surface area contributed by atoms with E-state index in [4.69, 9.17) is 4.74 Å². The van der Waals surface area contributed by atoms with Crippen LogP contribution in [0.5, 0.6) is 0 Å². The van der Waals surface area contributed by atoms with Crippen LogP contribution in [0, 0.1) is 5.41 Å². The normalized spacial score (nSPS) is 16.6. The zero-order valence-corrected chi connectivity index (χ0v) is 18.1. The predicted octanol–water partition coefficient (Wildman–Crippen LogP) is 2.03. The van der Waals surface area contributed by atoms with E-state index in [0.29, 0.717) is 49.0 Å². The van der Waals surface area contributed by atoms with Gasteiger partial charge in [0, 0.05) is 38.1 Å². The molecule has 0 bridgehead atoms. The lowest BCUT2D eigenvalue weighted by atomic mass is 9.78. The van der Waals surface area contributed by atoms with Crippen molar-refractivity contribution in [1.29, 1.82) is 0 Å². The van der Waals surface area contributed by atoms with Crippen LogP contribution >= 0.6 is 0 Å². The van der Waals surface area contributed by atoms with Crippen LogP contribution in [0.3, 0.4) is 0 Å². The predicted molar refractivity (Wildman–Crippen MR) is 119 cm³/mol. The number of Topliss-reactive ketones (excluding diaryl/α,β-unsaturated/α-hetero) is 1. The molecule has 2 fully saturated rings. The van der Waals surface area contributed by atoms with Crippen molar-refractivity contribution in [1.82, 2.24) is 29.0 Å². The lowest BCUT2D eigenvalue weighted by Crippen LogP contribution is -2.67. The van der Waals surface area contributed by atoms with E-state index in [-0.39, 0.29) is 23.5 Å². The first-order chi connectivity index (χ1) is 16.0. The quantitative estimate of drug-likeness (QED) is 0.439. The minimum atomic E-state index is -0.202. The number of likely N-dealkylation sites (tertiary alicyclic amines) is 1. The number of nitrogens with zero attached hydrogens (tertiary/aromatic N) is 6. The molecule has 1 amide bonds. The van der Waals surface area contributed by atoms with E-state index in [1.807, 2.05) is 47.1 Å². The van der Waals surface area contributed by atoms with Gasteiger partial charge in [0.15, 0.2) is 5.78 Å². The SMILES string of the molecule is Cn1ncc(C(=O)N2CC3(COC3)C2)c1C(=O)Cc1ccn2cc(-c3ccccc3)nc2n1. The molecule has 1 aromatic carbocycles. The van der Waals surface area contributed by atoms with E-state index in [0.717, 1.165) is 11.3 Å². The van der Waals surface area contributed by atoms with Crippen molar-refractivity contribution in [3.05, 3.63) is 71.9 Å². The van der Waals surface area contributed by atoms with Gasteiger partial charge in [-0.2, -0.15) is 5.10 Å². The van der Waals surface area contributed by atoms with E-state index in [2.05, 4.69) is 15.1 Å². The second-order valence-corrected chi connectivity index (χ2v) is 8.90. The van der Waals surface area contributed by atoms with Crippen LogP contribution in [0.15, 0.2) is 55.0 Å². The number of hydrogen-bond acceptors (Lipinski definition) is 6. The highest BCUT2D eigenvalue weighted by atomic mass is 16.5. The Balaban J connectivity index is 1.22. The van der Waals surface area contributed by atoms with Crippen LogP contribution in [0.1, 0.15) is 26.5 Å². The van der Waals surface area contributed by atoms with Crippen LogP contribution in [0.2, 0.25) is 0 Å². The van der Waals surface area contributed by atoms with Crippen LogP contribution < -0.4 is 0 Å². The zero-order valence-electron chi connectivity index (χ0n) is 18.1. The Bertz CT molecular complexity index is 1380. The molecule has 2 aliphatic rings. The summed E-state index contributed by atoms with van der Waals surface area (Å²) in [6.07, 6.45) is 5.30. The fraction of sp³-hybridized carbons (Fsp3) is 0.292. The van der Waals surface area contributed by atoms with Gasteiger partial charge in [-0.15, -0.1) is 0 Å². The number of carbonyl (C=O) groups is 2. The summed E-state index contributed by atoms with van der Waals surface area (Å²) in [5, 5.41) is 4.19. The van der Waals surface area contributed by atoms with Crippen molar-refractivity contribution in [2.45, 2.75) is 6.42 Å². The maximum absolute atomic E-state index is 13.2. The molecule has 0 unspecified atom stereocenters. The summed E-state index contributed by atoms with van der Waals surface area (Å²) >= 11 is 0. The van der Waals surface area contributed by atoms with Gasteiger partial charge in [-0.3, -0.25) is 18.7 Å². The van der Waals surface area contributed by atoms with Crippen LogP contribution in [-0.4, -0.2) is 67.0 Å². The van der Waals surface area contributed by atoms with Gasteiger partial charge in [-0.25, -0.2) is 9.97 Å². The third-order valence-corrected chi connectivity index (χ3v) is 6.38. The molecular formula is C24H22N6O3. The Kier molecular flexibility index (Phi) is 4.41. The summed E-state index contributed by atoms with van der Waals surface area (Å²) in [7, 11) is 1.68. The molecule has 2 aliphatic heterocycles. The number of aromatic nitrogens is 5. The molecule has 9 heteroatoms. The number of imidazole rings is 1. The van der Waals surface area contributed by atoms with E-state index in [1.165, 1.54) is 10.9 Å². The molecule has 0 N–H and O–H groups in total. The van der Waals surface area contributed by atoms with Gasteiger partial charge in [-0.1, -0.05) is 30.3 Å². The van der Waals surface area contributed by atoms with Crippen molar-refractivity contribution < 1.29 is 14.3 Å². The average Bonchev–Trinajstić information content (AvgIpc) is 3.35. The minimum absolute atomic E-state index is 0.0572. The molecule has 33 heavy (non-hydrogen) atoms. The first kappa shape index (κ1) is 19.8. The highest BCUT2D eigenvalue weighted by molar-refractivity contribution is 6.07. The minimum Gasteiger partial charge on any atom is -0.380 e. The van der Waals surface area contributed by atoms with E-state index < -0.39 is 0 Å². The van der Waals surface area contributed by atoms with Gasteiger partial charge in [0.2, 0.25) is 5.78 Å². The smallest absolute Gasteiger partial charge is 0.257 e. The van der Waals surface area contributed by atoms with Gasteiger partial charge in [0.1, 0.15) is 5.69 Å². The topological polar surface area (TPSA) is 94.6 Å². The molecule has 0 atom stereocenters. The Morgan fingerprint density at radius 2 is 1.88 bits per heavy atom. The van der Waals surface area contributed by atoms with Crippen molar-refractivity contribution in [2.75, 3.05) is 26.3 Å². The highest BCUT2D eigenvalue weighted by Crippen LogP contribution is 2.38. The van der Waals surface area contributed by atoms with Crippen molar-refractivity contribution in [2.24, 2.45) is 12.5 Å². The number of hydrogen-bond donors (Lipinski definition) is 0. The molecule has 6 rings (SSSR count). The molecule has 9 nitrogen and oxygen atoms in total. The molecule has 1 spiro atoms. The number of aryl methyl sites for hydroxylation is 1. The molecular weight excluding hydrogens is 420 g/mol. The Hall–Kier alpha value is -3.85. The van der Waals surface area contributed by atoms with Crippen LogP contribution in [0.4, 0.5) is 0 Å². The third-order valence-electron chi connectivity index (χ3n) is 6.38. The van der Waals surface area contributed by atoms with E-state index in [9.17, 15) is 9.59 Å². The number of ketones is 1. The van der Waals surface area contributed by atoms with E-state index in [1.54, 1.807) is 18.0 Å². The first-order valence-electron chi connectivity index (χ1n) is 10.8. The standard InChI is InChI=1S/C24H22N6O3/c1-28-21(18(10-25-28)22(32)30-12-24(13-30)14-33-15-24)20(31)9-17-7-8-29-11-19(27-23(29)26-17)16-5-3-2-4-6-16/h2-8,10-11H,9,12-15H2,1H3. The first-order valence-corrected chi connectivity index (χ1v) is 10.8. The lowest BCUT2D eigenvalue weighted by Gasteiger charge is -2.54. The fourth-order valence-corrected chi connectivity index (χ4v) is 4.58. The van der Waals surface area contributed by atoms with Crippen LogP contribution in [0.25, 0.3) is 17.0 Å². The Labute approximate surface area is 189 Å². The fourth-order valence-electron chi connectivity index (χ4n) is 4.58. The van der Waals surface area contributed by atoms with Crippen molar-refractivity contribution in [3.8, 4) is 11.3 Å². The lowest BCUT2D eigenvalue weighted by molar-refractivity contribution is -0.176. The second kappa shape index (κ2) is 7.35. The molecule has 0 aliphatic carbocycles. The van der Waals surface area contributed by atoms with Gasteiger partial charge < -0.3 is 9.64 Å². The third kappa shape index (κ3) is 3.32. The Morgan fingerprint density at radius 3 is 2.61 bits per heavy atom. The van der Waals surface area contributed by atoms with Crippen molar-refractivity contribution >= 4 is 17.5 Å². The van der Waals surface area contributed by atoms with Crippen LogP contribution in [-0.2, 0) is 18.2 Å². The maximum Gasteiger partial charge on any atom is 0.257 e. The van der Waals surface area contributed by atoms with E-state index >= 15 is 0 Å². The number of amides is 1. The zero-order chi connectivity index (χ0) is 22.6. The number of rotatable bonds is 5. The summed E-state index contributed by atoms with van der Waals surface area (Å²) in [6, 6.07) is 11.7. The molecule has 0 radical (unpaired) electrons. The monoisotopic (exact) mass is 442 g/mol. The van der Waals surface area contributed by atoms with Gasteiger partial charge in [0.25, 0.3) is 5.91 Å². The molecule has 2 saturated heterocycles. The number of benzene rings is 1. The summed E-state index contributed by atoms with van der Waals surface area (Å²) in [4.78, 5) is 37.1. The van der Waals surface area contributed by atoms with Gasteiger partial charge in [-0.05, 0) is 6.07 Å². The number of fused-ring (bicyclic) bond motifs is 1. The molecule has 166 valence electrons. The largest absolute Gasteiger partial charge is 0.380 e. The molecule has 3 aromatic heterocycles. The van der Waals surface area contributed by atoms with Gasteiger partial charge in [0.05, 0.1) is 48.2 Å². The Morgan fingerprint density at radius 1 is 1.09 bits per heavy atom. The number of ether oxygens (including phenoxy) is 1. The number of carbonyl (C=O) groups excluding carboxylic acids is 2. The maximum atomic E-state index is 13.2.